The van der Waals surface area contributed by atoms with E-state index >= 15 is 0 Å². The van der Waals surface area contributed by atoms with E-state index in [0.717, 1.165) is 16.7 Å². The Morgan fingerprint density at radius 1 is 1.24 bits per heavy atom. The maximum absolute atomic E-state index is 12.9. The van der Waals surface area contributed by atoms with Gasteiger partial charge in [0.2, 0.25) is 0 Å². The second kappa shape index (κ2) is 6.84. The van der Waals surface area contributed by atoms with Crippen molar-refractivity contribution in [1.82, 2.24) is 10.2 Å². The molecule has 25 heavy (non-hydrogen) atoms. The van der Waals surface area contributed by atoms with Gasteiger partial charge < -0.3 is 20.1 Å². The molecule has 0 aromatic heterocycles. The van der Waals surface area contributed by atoms with E-state index in [9.17, 15) is 23.1 Å². The molecule has 2 amide bonds. The second-order valence-electron chi connectivity index (χ2n) is 6.62. The number of rotatable bonds is 2. The van der Waals surface area contributed by atoms with E-state index in [1.807, 2.05) is 18.2 Å². The summed E-state index contributed by atoms with van der Waals surface area (Å²) < 4.78 is 44.1. The number of nitrogens with zero attached hydrogens (tertiary/aromatic N) is 1. The van der Waals surface area contributed by atoms with Gasteiger partial charge in [-0.25, -0.2) is 4.79 Å². The van der Waals surface area contributed by atoms with Gasteiger partial charge in [0.05, 0.1) is 13.2 Å². The van der Waals surface area contributed by atoms with Crippen LogP contribution in [0.4, 0.5) is 18.0 Å². The number of likely N-dealkylation sites (tertiary alicyclic amines) is 1. The van der Waals surface area contributed by atoms with E-state index in [2.05, 4.69) is 5.32 Å². The Morgan fingerprint density at radius 2 is 2.00 bits per heavy atom. The SMILES string of the molecule is O=C(NCc1ccc2c(c1)COC2)N1CCCC(O)(C(F)(F)F)CC1. The number of urea groups is 1. The zero-order valence-corrected chi connectivity index (χ0v) is 13.7. The molecule has 1 unspecified atom stereocenters. The van der Waals surface area contributed by atoms with E-state index in [4.69, 9.17) is 4.74 Å². The van der Waals surface area contributed by atoms with Gasteiger partial charge in [0.1, 0.15) is 0 Å². The third-order valence-corrected chi connectivity index (χ3v) is 4.86. The molecule has 5 nitrogen and oxygen atoms in total. The minimum atomic E-state index is -4.67. The van der Waals surface area contributed by atoms with E-state index < -0.39 is 24.2 Å². The highest BCUT2D eigenvalue weighted by Crippen LogP contribution is 2.38. The van der Waals surface area contributed by atoms with Crippen LogP contribution < -0.4 is 5.32 Å². The minimum absolute atomic E-state index is 0.111. The van der Waals surface area contributed by atoms with E-state index in [0.29, 0.717) is 19.8 Å². The molecule has 1 aromatic carbocycles. The predicted molar refractivity (Wildman–Crippen MR) is 83.6 cm³/mol. The Balaban J connectivity index is 1.55. The summed E-state index contributed by atoms with van der Waals surface area (Å²) >= 11 is 0. The third-order valence-electron chi connectivity index (χ3n) is 4.86. The van der Waals surface area contributed by atoms with Gasteiger partial charge in [-0.3, -0.25) is 0 Å². The zero-order chi connectivity index (χ0) is 18.1. The Morgan fingerprint density at radius 3 is 2.76 bits per heavy atom. The second-order valence-corrected chi connectivity index (χ2v) is 6.62. The molecule has 1 aromatic rings. The summed E-state index contributed by atoms with van der Waals surface area (Å²) in [6.07, 6.45) is -5.45. The van der Waals surface area contributed by atoms with Crippen LogP contribution in [0.25, 0.3) is 0 Å². The lowest BCUT2D eigenvalue weighted by Gasteiger charge is -2.29. The number of fused-ring (bicyclic) bond motifs is 1. The standard InChI is InChI=1S/C17H21F3N2O3/c18-17(19,20)16(24)4-1-6-22(7-5-16)15(23)21-9-12-2-3-13-10-25-11-14(13)8-12/h2-3,8,24H,1,4-7,9-11H2,(H,21,23). The van der Waals surface area contributed by atoms with Crippen molar-refractivity contribution in [3.8, 4) is 0 Å². The van der Waals surface area contributed by atoms with Crippen molar-refractivity contribution in [2.24, 2.45) is 0 Å². The fourth-order valence-electron chi connectivity index (χ4n) is 3.23. The average Bonchev–Trinajstić information content (AvgIpc) is 2.92. The molecule has 0 aliphatic carbocycles. The summed E-state index contributed by atoms with van der Waals surface area (Å²) in [5.74, 6) is 0. The highest BCUT2D eigenvalue weighted by atomic mass is 19.4. The van der Waals surface area contributed by atoms with Gasteiger partial charge in [-0.15, -0.1) is 0 Å². The van der Waals surface area contributed by atoms with Gasteiger partial charge in [0.25, 0.3) is 0 Å². The van der Waals surface area contributed by atoms with Crippen molar-refractivity contribution < 1.29 is 27.8 Å². The minimum Gasteiger partial charge on any atom is -0.380 e. The van der Waals surface area contributed by atoms with Crippen LogP contribution in [0.15, 0.2) is 18.2 Å². The van der Waals surface area contributed by atoms with E-state index in [-0.39, 0.29) is 25.9 Å². The van der Waals surface area contributed by atoms with Gasteiger partial charge in [-0.2, -0.15) is 13.2 Å². The number of alkyl halides is 3. The van der Waals surface area contributed by atoms with Crippen molar-refractivity contribution in [2.75, 3.05) is 13.1 Å². The zero-order valence-electron chi connectivity index (χ0n) is 13.7. The Hall–Kier alpha value is -1.80. The maximum Gasteiger partial charge on any atom is 0.417 e. The molecule has 2 aliphatic heterocycles. The van der Waals surface area contributed by atoms with Crippen LogP contribution in [0.2, 0.25) is 0 Å². The maximum atomic E-state index is 12.9. The van der Waals surface area contributed by atoms with Gasteiger partial charge in [0, 0.05) is 26.1 Å². The molecule has 3 rings (SSSR count). The first-order chi connectivity index (χ1) is 11.8. The van der Waals surface area contributed by atoms with Crippen LogP contribution in [0.5, 0.6) is 0 Å². The van der Waals surface area contributed by atoms with Gasteiger partial charge >= 0.3 is 12.2 Å². The smallest absolute Gasteiger partial charge is 0.380 e. The molecule has 0 radical (unpaired) electrons. The predicted octanol–water partition coefficient (Wildman–Crippen LogP) is 2.71. The molecular weight excluding hydrogens is 337 g/mol. The molecule has 0 spiro atoms. The lowest BCUT2D eigenvalue weighted by atomic mass is 9.94. The van der Waals surface area contributed by atoms with Gasteiger partial charge in [-0.1, -0.05) is 18.2 Å². The Bertz CT molecular complexity index is 651. The highest BCUT2D eigenvalue weighted by Gasteiger charge is 2.53. The number of amides is 2. The lowest BCUT2D eigenvalue weighted by molar-refractivity contribution is -0.263. The normalized spacial score (nSPS) is 23.9. The molecule has 138 valence electrons. The molecular formula is C17H21F3N2O3. The number of hydrogen-bond donors (Lipinski definition) is 2. The van der Waals surface area contributed by atoms with E-state index in [1.165, 1.54) is 4.90 Å². The highest BCUT2D eigenvalue weighted by molar-refractivity contribution is 5.74. The van der Waals surface area contributed by atoms with Crippen LogP contribution in [-0.4, -0.2) is 40.9 Å². The van der Waals surface area contributed by atoms with Crippen LogP contribution >= 0.6 is 0 Å². The number of aliphatic hydroxyl groups is 1. The number of carbonyl (C=O) groups is 1. The van der Waals surface area contributed by atoms with E-state index in [1.54, 1.807) is 0 Å². The number of hydrogen-bond acceptors (Lipinski definition) is 3. The fourth-order valence-corrected chi connectivity index (χ4v) is 3.23. The van der Waals surface area contributed by atoms with Gasteiger partial charge in [-0.05, 0) is 29.5 Å². The molecule has 2 aliphatic rings. The summed E-state index contributed by atoms with van der Waals surface area (Å²) in [7, 11) is 0. The average molecular weight is 358 g/mol. The number of benzene rings is 1. The first kappa shape index (κ1) is 18.0. The number of ether oxygens (including phenoxy) is 1. The Labute approximate surface area is 143 Å². The largest absolute Gasteiger partial charge is 0.417 e. The number of carbonyl (C=O) groups excluding carboxylic acids is 1. The van der Waals surface area contributed by atoms with Crippen LogP contribution in [0.3, 0.4) is 0 Å². The number of nitrogens with one attached hydrogen (secondary N) is 1. The summed E-state index contributed by atoms with van der Waals surface area (Å²) in [4.78, 5) is 13.6. The summed E-state index contributed by atoms with van der Waals surface area (Å²) in [5, 5.41) is 12.5. The molecule has 1 saturated heterocycles. The van der Waals surface area contributed by atoms with Crippen molar-refractivity contribution in [3.05, 3.63) is 34.9 Å². The molecule has 2 N–H and O–H groups in total. The first-order valence-electron chi connectivity index (χ1n) is 8.29. The monoisotopic (exact) mass is 358 g/mol. The van der Waals surface area contributed by atoms with Crippen LogP contribution in [0.1, 0.15) is 36.0 Å². The lowest BCUT2D eigenvalue weighted by Crippen LogP contribution is -2.46. The fraction of sp³-hybridized carbons (Fsp3) is 0.588. The van der Waals surface area contributed by atoms with Crippen molar-refractivity contribution in [2.45, 2.75) is 50.8 Å². The molecule has 0 saturated carbocycles. The van der Waals surface area contributed by atoms with Crippen LogP contribution in [0, 0.1) is 0 Å². The molecule has 0 bridgehead atoms. The quantitative estimate of drug-likeness (QED) is 0.855. The summed E-state index contributed by atoms with van der Waals surface area (Å²) in [6.45, 7) is 1.52. The third kappa shape index (κ3) is 3.90. The molecule has 2 heterocycles. The summed E-state index contributed by atoms with van der Waals surface area (Å²) in [5.41, 5.74) is 0.437. The molecule has 8 heteroatoms. The topological polar surface area (TPSA) is 61.8 Å². The molecule has 1 atom stereocenters. The van der Waals surface area contributed by atoms with Crippen molar-refractivity contribution in [3.63, 3.8) is 0 Å². The van der Waals surface area contributed by atoms with Crippen LogP contribution in [-0.2, 0) is 24.5 Å². The Kier molecular flexibility index (Phi) is 4.92. The summed E-state index contributed by atoms with van der Waals surface area (Å²) in [6, 6.07) is 5.41. The number of halogens is 3. The first-order valence-corrected chi connectivity index (χ1v) is 8.29. The van der Waals surface area contributed by atoms with Crippen molar-refractivity contribution in [1.29, 1.82) is 0 Å². The molecule has 1 fully saturated rings. The van der Waals surface area contributed by atoms with Crippen molar-refractivity contribution >= 4 is 6.03 Å². The van der Waals surface area contributed by atoms with Gasteiger partial charge in [0.15, 0.2) is 5.60 Å².